The SMILES string of the molecule is Cc1ccc(C(NC(=O)C2CC2c2sccc2C)C(=O)O)cc1C. The summed E-state index contributed by atoms with van der Waals surface area (Å²) >= 11 is 1.67. The molecule has 1 aromatic carbocycles. The Morgan fingerprint density at radius 2 is 1.92 bits per heavy atom. The lowest BCUT2D eigenvalue weighted by Crippen LogP contribution is -2.35. The van der Waals surface area contributed by atoms with E-state index in [1.807, 2.05) is 38.3 Å². The second kappa shape index (κ2) is 6.40. The molecule has 0 saturated heterocycles. The molecule has 1 aliphatic carbocycles. The van der Waals surface area contributed by atoms with Crippen molar-refractivity contribution in [2.45, 2.75) is 39.2 Å². The van der Waals surface area contributed by atoms with E-state index < -0.39 is 12.0 Å². The Morgan fingerprint density at radius 3 is 2.50 bits per heavy atom. The maximum Gasteiger partial charge on any atom is 0.330 e. The van der Waals surface area contributed by atoms with Crippen LogP contribution in [0.3, 0.4) is 0 Å². The molecule has 1 fully saturated rings. The summed E-state index contributed by atoms with van der Waals surface area (Å²) in [5, 5.41) is 14.3. The standard InChI is InChI=1S/C19H21NO3S/c1-10-4-5-13(8-12(10)3)16(19(22)23)20-18(21)15-9-14(15)17-11(2)6-7-24-17/h4-8,14-16H,9H2,1-3H3,(H,20,21)(H,22,23). The molecular weight excluding hydrogens is 322 g/mol. The highest BCUT2D eigenvalue weighted by Crippen LogP contribution is 2.50. The number of rotatable bonds is 5. The van der Waals surface area contributed by atoms with Crippen LogP contribution in [0.4, 0.5) is 0 Å². The molecule has 5 heteroatoms. The number of carboxylic acids is 1. The van der Waals surface area contributed by atoms with Crippen molar-refractivity contribution < 1.29 is 14.7 Å². The predicted molar refractivity (Wildman–Crippen MR) is 94.3 cm³/mol. The van der Waals surface area contributed by atoms with Crippen molar-refractivity contribution in [3.63, 3.8) is 0 Å². The molecule has 4 nitrogen and oxygen atoms in total. The monoisotopic (exact) mass is 343 g/mol. The molecule has 2 N–H and O–H groups in total. The molecule has 1 saturated carbocycles. The average Bonchev–Trinajstić information content (AvgIpc) is 3.21. The van der Waals surface area contributed by atoms with Gasteiger partial charge in [0.2, 0.25) is 5.91 Å². The van der Waals surface area contributed by atoms with Crippen molar-refractivity contribution in [3.05, 3.63) is 56.8 Å². The molecule has 1 heterocycles. The molecule has 3 atom stereocenters. The average molecular weight is 343 g/mol. The summed E-state index contributed by atoms with van der Waals surface area (Å²) in [6, 6.07) is 6.56. The van der Waals surface area contributed by atoms with Crippen molar-refractivity contribution in [1.29, 1.82) is 0 Å². The number of aryl methyl sites for hydroxylation is 3. The summed E-state index contributed by atoms with van der Waals surface area (Å²) in [6.07, 6.45) is 0.798. The molecule has 1 aromatic heterocycles. The minimum atomic E-state index is -1.03. The van der Waals surface area contributed by atoms with Crippen LogP contribution >= 0.6 is 11.3 Å². The van der Waals surface area contributed by atoms with Crippen LogP contribution in [0.5, 0.6) is 0 Å². The number of carbonyl (C=O) groups is 2. The van der Waals surface area contributed by atoms with Crippen molar-refractivity contribution >= 4 is 23.2 Å². The highest BCUT2D eigenvalue weighted by atomic mass is 32.1. The quantitative estimate of drug-likeness (QED) is 0.869. The molecule has 0 radical (unpaired) electrons. The number of hydrogen-bond donors (Lipinski definition) is 2. The van der Waals surface area contributed by atoms with Gasteiger partial charge in [0.05, 0.1) is 0 Å². The van der Waals surface area contributed by atoms with Gasteiger partial charge in [0.25, 0.3) is 0 Å². The molecule has 24 heavy (non-hydrogen) atoms. The Kier molecular flexibility index (Phi) is 4.45. The van der Waals surface area contributed by atoms with E-state index >= 15 is 0 Å². The Morgan fingerprint density at radius 1 is 1.17 bits per heavy atom. The third-order valence-corrected chi connectivity index (χ3v) is 5.91. The third-order valence-electron chi connectivity index (χ3n) is 4.76. The minimum Gasteiger partial charge on any atom is -0.479 e. The van der Waals surface area contributed by atoms with Crippen molar-refractivity contribution in [3.8, 4) is 0 Å². The number of carboxylic acid groups (broad SMARTS) is 1. The van der Waals surface area contributed by atoms with Crippen LogP contribution in [-0.2, 0) is 9.59 Å². The van der Waals surface area contributed by atoms with Crippen LogP contribution in [0, 0.1) is 26.7 Å². The summed E-state index contributed by atoms with van der Waals surface area (Å²) in [5.74, 6) is -1.08. The molecule has 0 aliphatic heterocycles. The van der Waals surface area contributed by atoms with E-state index in [-0.39, 0.29) is 17.7 Å². The molecule has 3 unspecified atom stereocenters. The zero-order valence-electron chi connectivity index (χ0n) is 14.0. The Labute approximate surface area is 145 Å². The maximum absolute atomic E-state index is 12.5. The van der Waals surface area contributed by atoms with Crippen LogP contribution < -0.4 is 5.32 Å². The summed E-state index contributed by atoms with van der Waals surface area (Å²) < 4.78 is 0. The van der Waals surface area contributed by atoms with E-state index in [9.17, 15) is 14.7 Å². The highest BCUT2D eigenvalue weighted by Gasteiger charge is 2.46. The van der Waals surface area contributed by atoms with Gasteiger partial charge in [-0.2, -0.15) is 0 Å². The number of thiophene rings is 1. The van der Waals surface area contributed by atoms with Gasteiger partial charge in [-0.1, -0.05) is 18.2 Å². The third kappa shape index (κ3) is 3.22. The van der Waals surface area contributed by atoms with Gasteiger partial charge in [-0.05, 0) is 60.9 Å². The zero-order chi connectivity index (χ0) is 17.4. The van der Waals surface area contributed by atoms with Crippen molar-refractivity contribution in [1.82, 2.24) is 5.32 Å². The number of amides is 1. The first-order valence-corrected chi connectivity index (χ1v) is 8.90. The van der Waals surface area contributed by atoms with Gasteiger partial charge in [0, 0.05) is 16.7 Å². The fourth-order valence-corrected chi connectivity index (χ4v) is 4.13. The summed E-state index contributed by atoms with van der Waals surface area (Å²) in [6.45, 7) is 5.97. The molecule has 0 bridgehead atoms. The summed E-state index contributed by atoms with van der Waals surface area (Å²) in [4.78, 5) is 25.4. The number of carbonyl (C=O) groups excluding carboxylic acids is 1. The number of hydrogen-bond acceptors (Lipinski definition) is 3. The van der Waals surface area contributed by atoms with E-state index in [4.69, 9.17) is 0 Å². The van der Waals surface area contributed by atoms with Gasteiger partial charge in [0.15, 0.2) is 6.04 Å². The zero-order valence-corrected chi connectivity index (χ0v) is 14.8. The molecule has 126 valence electrons. The van der Waals surface area contributed by atoms with Gasteiger partial charge in [-0.3, -0.25) is 4.79 Å². The Hall–Kier alpha value is -2.14. The van der Waals surface area contributed by atoms with E-state index in [1.54, 1.807) is 17.4 Å². The van der Waals surface area contributed by atoms with E-state index in [0.29, 0.717) is 5.56 Å². The maximum atomic E-state index is 12.5. The smallest absolute Gasteiger partial charge is 0.330 e. The van der Waals surface area contributed by atoms with E-state index in [2.05, 4.69) is 11.4 Å². The predicted octanol–water partition coefficient (Wildman–Crippen LogP) is 3.72. The summed E-state index contributed by atoms with van der Waals surface area (Å²) in [5.41, 5.74) is 3.95. The van der Waals surface area contributed by atoms with Crippen LogP contribution in [0.15, 0.2) is 29.6 Å². The van der Waals surface area contributed by atoms with Crippen LogP contribution in [-0.4, -0.2) is 17.0 Å². The Balaban J connectivity index is 1.73. The first-order chi connectivity index (χ1) is 11.4. The first-order valence-electron chi connectivity index (χ1n) is 8.02. The second-order valence-electron chi connectivity index (χ2n) is 6.54. The summed E-state index contributed by atoms with van der Waals surface area (Å²) in [7, 11) is 0. The van der Waals surface area contributed by atoms with Gasteiger partial charge < -0.3 is 10.4 Å². The van der Waals surface area contributed by atoms with Gasteiger partial charge in [-0.25, -0.2) is 4.79 Å². The lowest BCUT2D eigenvalue weighted by molar-refractivity contribution is -0.142. The van der Waals surface area contributed by atoms with Crippen LogP contribution in [0.1, 0.15) is 45.5 Å². The Bertz CT molecular complexity index is 796. The highest BCUT2D eigenvalue weighted by molar-refractivity contribution is 7.10. The van der Waals surface area contributed by atoms with E-state index in [1.165, 1.54) is 10.4 Å². The number of aliphatic carboxylic acids is 1. The van der Waals surface area contributed by atoms with Gasteiger partial charge >= 0.3 is 5.97 Å². The van der Waals surface area contributed by atoms with Gasteiger partial charge in [0.1, 0.15) is 0 Å². The lowest BCUT2D eigenvalue weighted by atomic mass is 10.0. The molecular formula is C19H21NO3S. The molecule has 1 aliphatic rings. The van der Waals surface area contributed by atoms with Crippen LogP contribution in [0.25, 0.3) is 0 Å². The fourth-order valence-electron chi connectivity index (χ4n) is 3.02. The topological polar surface area (TPSA) is 66.4 Å². The molecule has 0 spiro atoms. The van der Waals surface area contributed by atoms with Crippen molar-refractivity contribution in [2.24, 2.45) is 5.92 Å². The van der Waals surface area contributed by atoms with E-state index in [0.717, 1.165) is 17.5 Å². The normalized spacial score (nSPS) is 20.5. The van der Waals surface area contributed by atoms with Crippen LogP contribution in [0.2, 0.25) is 0 Å². The van der Waals surface area contributed by atoms with Crippen molar-refractivity contribution in [2.75, 3.05) is 0 Å². The number of nitrogens with one attached hydrogen (secondary N) is 1. The first kappa shape index (κ1) is 16.7. The lowest BCUT2D eigenvalue weighted by Gasteiger charge is -2.16. The fraction of sp³-hybridized carbons (Fsp3) is 0.368. The molecule has 1 amide bonds. The van der Waals surface area contributed by atoms with Gasteiger partial charge in [-0.15, -0.1) is 11.3 Å². The second-order valence-corrected chi connectivity index (χ2v) is 7.49. The largest absolute Gasteiger partial charge is 0.479 e. The number of benzene rings is 1. The molecule has 3 rings (SSSR count). The molecule has 2 aromatic rings. The minimum absolute atomic E-state index is 0.115.